The van der Waals surface area contributed by atoms with E-state index >= 15 is 0 Å². The number of benzene rings is 1. The molecule has 2 heterocycles. The molecule has 0 aliphatic carbocycles. The molecule has 0 saturated heterocycles. The van der Waals surface area contributed by atoms with Crippen molar-refractivity contribution < 1.29 is 5.11 Å². The van der Waals surface area contributed by atoms with Crippen molar-refractivity contribution >= 4 is 17.0 Å². The van der Waals surface area contributed by atoms with Gasteiger partial charge in [0.05, 0.1) is 13.1 Å². The predicted molar refractivity (Wildman–Crippen MR) is 92.4 cm³/mol. The van der Waals surface area contributed by atoms with Gasteiger partial charge in [-0.2, -0.15) is 0 Å². The fraction of sp³-hybridized carbons (Fsp3) is 0.222. The van der Waals surface area contributed by atoms with Crippen molar-refractivity contribution in [2.75, 3.05) is 11.9 Å². The van der Waals surface area contributed by atoms with Gasteiger partial charge in [-0.05, 0) is 47.7 Å². The Kier molecular flexibility index (Phi) is 4.93. The molecule has 22 heavy (non-hydrogen) atoms. The zero-order valence-electron chi connectivity index (χ0n) is 12.4. The molecule has 4 heteroatoms. The number of hydrogen-bond acceptors (Lipinski definition) is 3. The monoisotopic (exact) mass is 312 g/mol. The van der Waals surface area contributed by atoms with Crippen LogP contribution in [0.15, 0.2) is 60.1 Å². The van der Waals surface area contributed by atoms with E-state index in [-0.39, 0.29) is 6.61 Å². The van der Waals surface area contributed by atoms with Gasteiger partial charge in [0.15, 0.2) is 0 Å². The summed E-state index contributed by atoms with van der Waals surface area (Å²) in [6.07, 6.45) is 2.84. The van der Waals surface area contributed by atoms with E-state index in [0.29, 0.717) is 6.42 Å². The van der Waals surface area contributed by atoms with Gasteiger partial charge in [0.2, 0.25) is 0 Å². The molecule has 2 aromatic heterocycles. The number of nitrogens with one attached hydrogen (secondary N) is 1. The maximum atomic E-state index is 8.94. The molecule has 0 saturated carbocycles. The van der Waals surface area contributed by atoms with Crippen LogP contribution < -0.4 is 5.32 Å². The molecule has 3 nitrogen and oxygen atoms in total. The molecule has 0 fully saturated rings. The Morgan fingerprint density at radius 2 is 1.91 bits per heavy atom. The highest BCUT2D eigenvalue weighted by molar-refractivity contribution is 7.09. The molecular formula is C18H20N2OS. The summed E-state index contributed by atoms with van der Waals surface area (Å²) in [5.41, 5.74) is 3.53. The minimum atomic E-state index is 0.197. The van der Waals surface area contributed by atoms with Crippen molar-refractivity contribution in [2.45, 2.75) is 19.5 Å². The van der Waals surface area contributed by atoms with Crippen LogP contribution in [-0.4, -0.2) is 16.3 Å². The molecule has 0 amide bonds. The third-order valence-electron chi connectivity index (χ3n) is 3.66. The first-order chi connectivity index (χ1) is 10.8. The van der Waals surface area contributed by atoms with Crippen LogP contribution >= 0.6 is 11.3 Å². The largest absolute Gasteiger partial charge is 0.396 e. The van der Waals surface area contributed by atoms with Crippen molar-refractivity contribution in [3.8, 4) is 0 Å². The third-order valence-corrected chi connectivity index (χ3v) is 4.52. The fourth-order valence-electron chi connectivity index (χ4n) is 2.45. The molecule has 0 aliphatic heterocycles. The van der Waals surface area contributed by atoms with Crippen LogP contribution in [0.2, 0.25) is 0 Å². The van der Waals surface area contributed by atoms with Crippen LogP contribution in [0.4, 0.5) is 5.69 Å². The second kappa shape index (κ2) is 7.29. The van der Waals surface area contributed by atoms with Crippen LogP contribution in [0, 0.1) is 0 Å². The van der Waals surface area contributed by atoms with E-state index in [0.717, 1.165) is 24.3 Å². The highest BCUT2D eigenvalue weighted by Gasteiger charge is 2.03. The van der Waals surface area contributed by atoms with E-state index in [4.69, 9.17) is 5.11 Å². The lowest BCUT2D eigenvalue weighted by molar-refractivity contribution is 0.299. The molecule has 3 rings (SSSR count). The smallest absolute Gasteiger partial charge is 0.0566 e. The summed E-state index contributed by atoms with van der Waals surface area (Å²) < 4.78 is 2.28. The molecule has 0 radical (unpaired) electrons. The first-order valence-corrected chi connectivity index (χ1v) is 8.33. The summed E-state index contributed by atoms with van der Waals surface area (Å²) in [6, 6.07) is 16.8. The minimum absolute atomic E-state index is 0.197. The molecule has 0 atom stereocenters. The zero-order valence-corrected chi connectivity index (χ0v) is 13.2. The van der Waals surface area contributed by atoms with Crippen molar-refractivity contribution in [1.82, 2.24) is 4.57 Å². The summed E-state index contributed by atoms with van der Waals surface area (Å²) >= 11 is 1.79. The Balaban J connectivity index is 1.60. The number of aliphatic hydroxyl groups is 1. The number of anilines is 1. The molecule has 0 aliphatic rings. The van der Waals surface area contributed by atoms with Gasteiger partial charge in [-0.1, -0.05) is 18.2 Å². The number of thiophene rings is 1. The maximum absolute atomic E-state index is 8.94. The Bertz CT molecular complexity index is 686. The van der Waals surface area contributed by atoms with E-state index in [1.807, 2.05) is 0 Å². The van der Waals surface area contributed by atoms with E-state index in [1.165, 1.54) is 10.6 Å². The molecule has 3 aromatic rings. The second-order valence-electron chi connectivity index (χ2n) is 5.23. The lowest BCUT2D eigenvalue weighted by atomic mass is 10.1. The van der Waals surface area contributed by atoms with E-state index in [1.54, 1.807) is 11.3 Å². The summed E-state index contributed by atoms with van der Waals surface area (Å²) in [7, 11) is 0. The summed E-state index contributed by atoms with van der Waals surface area (Å²) in [5, 5.41) is 14.5. The second-order valence-corrected chi connectivity index (χ2v) is 6.26. The van der Waals surface area contributed by atoms with Gasteiger partial charge < -0.3 is 15.0 Å². The van der Waals surface area contributed by atoms with Crippen molar-refractivity contribution in [1.29, 1.82) is 0 Å². The lowest BCUT2D eigenvalue weighted by Crippen LogP contribution is -2.07. The van der Waals surface area contributed by atoms with E-state index in [9.17, 15) is 0 Å². The van der Waals surface area contributed by atoms with Gasteiger partial charge in [-0.15, -0.1) is 11.3 Å². The van der Waals surface area contributed by atoms with Gasteiger partial charge in [0.1, 0.15) is 0 Å². The Hall–Kier alpha value is -2.04. The van der Waals surface area contributed by atoms with Crippen LogP contribution in [0.5, 0.6) is 0 Å². The Morgan fingerprint density at radius 1 is 1.05 bits per heavy atom. The standard InChI is InChI=1S/C18H20N2OS/c21-11-9-15-5-7-16(8-6-15)19-13-17-3-1-10-20(17)14-18-4-2-12-22-18/h1-8,10,12,19,21H,9,11,13-14H2. The quantitative estimate of drug-likeness (QED) is 0.697. The average Bonchev–Trinajstić information content (AvgIpc) is 3.19. The van der Waals surface area contributed by atoms with Crippen LogP contribution in [0.1, 0.15) is 16.1 Å². The maximum Gasteiger partial charge on any atom is 0.0566 e. The van der Waals surface area contributed by atoms with Crippen LogP contribution in [-0.2, 0) is 19.5 Å². The molecule has 0 bridgehead atoms. The summed E-state index contributed by atoms with van der Waals surface area (Å²) in [4.78, 5) is 1.37. The molecule has 1 aromatic carbocycles. The molecular weight excluding hydrogens is 292 g/mol. The summed E-state index contributed by atoms with van der Waals surface area (Å²) in [5.74, 6) is 0. The first-order valence-electron chi connectivity index (χ1n) is 7.45. The molecule has 2 N–H and O–H groups in total. The van der Waals surface area contributed by atoms with Crippen LogP contribution in [0.3, 0.4) is 0 Å². The third kappa shape index (κ3) is 3.78. The van der Waals surface area contributed by atoms with Crippen molar-refractivity contribution in [3.05, 3.63) is 76.2 Å². The van der Waals surface area contributed by atoms with Gasteiger partial charge in [-0.3, -0.25) is 0 Å². The lowest BCUT2D eigenvalue weighted by Gasteiger charge is -2.11. The van der Waals surface area contributed by atoms with Crippen molar-refractivity contribution in [2.24, 2.45) is 0 Å². The van der Waals surface area contributed by atoms with Gasteiger partial charge >= 0.3 is 0 Å². The first kappa shape index (κ1) is 14.9. The highest BCUT2D eigenvalue weighted by Crippen LogP contribution is 2.15. The molecule has 0 unspecified atom stereocenters. The van der Waals surface area contributed by atoms with E-state index < -0.39 is 0 Å². The van der Waals surface area contributed by atoms with Crippen LogP contribution in [0.25, 0.3) is 0 Å². The Labute approximate surface area is 134 Å². The predicted octanol–water partition coefficient (Wildman–Crippen LogP) is 3.74. The highest BCUT2D eigenvalue weighted by atomic mass is 32.1. The number of aromatic nitrogens is 1. The van der Waals surface area contributed by atoms with Gasteiger partial charge in [-0.25, -0.2) is 0 Å². The fourth-order valence-corrected chi connectivity index (χ4v) is 3.15. The SMILES string of the molecule is OCCc1ccc(NCc2cccn2Cc2cccs2)cc1. The topological polar surface area (TPSA) is 37.2 Å². The number of aliphatic hydroxyl groups excluding tert-OH is 1. The van der Waals surface area contributed by atoms with Gasteiger partial charge in [0.25, 0.3) is 0 Å². The average molecular weight is 312 g/mol. The number of nitrogens with zero attached hydrogens (tertiary/aromatic N) is 1. The minimum Gasteiger partial charge on any atom is -0.396 e. The zero-order chi connectivity index (χ0) is 15.2. The number of rotatable bonds is 7. The summed E-state index contributed by atoms with van der Waals surface area (Å²) in [6.45, 7) is 1.93. The van der Waals surface area contributed by atoms with Gasteiger partial charge in [0, 0.05) is 29.1 Å². The molecule has 114 valence electrons. The van der Waals surface area contributed by atoms with E-state index in [2.05, 4.69) is 70.0 Å². The molecule has 0 spiro atoms. The Morgan fingerprint density at radius 3 is 2.64 bits per heavy atom. The van der Waals surface area contributed by atoms with Crippen molar-refractivity contribution in [3.63, 3.8) is 0 Å². The normalized spacial score (nSPS) is 10.8. The number of hydrogen-bond donors (Lipinski definition) is 2.